The number of amides is 2. The number of rotatable bonds is 7. The number of carbonyl (C=O) groups is 1. The van der Waals surface area contributed by atoms with E-state index in [1.54, 1.807) is 23.4 Å². The van der Waals surface area contributed by atoms with Crippen LogP contribution in [0.25, 0.3) is 0 Å². The van der Waals surface area contributed by atoms with Crippen molar-refractivity contribution in [3.8, 4) is 0 Å². The third kappa shape index (κ3) is 5.26. The molecule has 0 saturated carbocycles. The number of nitrogens with one attached hydrogen (secondary N) is 1. The number of unbranched alkanes of at least 4 members (excludes halogenated alkanes) is 1. The van der Waals surface area contributed by atoms with Crippen LogP contribution in [0.1, 0.15) is 31.7 Å². The van der Waals surface area contributed by atoms with E-state index in [9.17, 15) is 4.79 Å². The Morgan fingerprint density at radius 2 is 2.16 bits per heavy atom. The van der Waals surface area contributed by atoms with Crippen molar-refractivity contribution in [3.63, 3.8) is 0 Å². The lowest BCUT2D eigenvalue weighted by Crippen LogP contribution is -2.37. The first-order valence-corrected chi connectivity index (χ1v) is 6.76. The van der Waals surface area contributed by atoms with Gasteiger partial charge in [0.25, 0.3) is 0 Å². The number of hydrogen-bond donors (Lipinski definition) is 2. The summed E-state index contributed by atoms with van der Waals surface area (Å²) < 4.78 is 0. The summed E-state index contributed by atoms with van der Waals surface area (Å²) in [5.41, 5.74) is 1.72. The Kier molecular flexibility index (Phi) is 6.89. The second-order valence-corrected chi connectivity index (χ2v) is 4.54. The van der Waals surface area contributed by atoms with Crippen LogP contribution in [0.15, 0.2) is 18.5 Å². The molecule has 1 heterocycles. The molecule has 0 aromatic carbocycles. The Balaban J connectivity index is 2.62. The number of aromatic nitrogens is 1. The van der Waals surface area contributed by atoms with Gasteiger partial charge in [0.1, 0.15) is 0 Å². The van der Waals surface area contributed by atoms with Crippen molar-refractivity contribution in [1.29, 1.82) is 0 Å². The summed E-state index contributed by atoms with van der Waals surface area (Å²) in [5.74, 6) is 0. The van der Waals surface area contributed by atoms with Gasteiger partial charge in [-0.25, -0.2) is 4.79 Å². The maximum atomic E-state index is 12.2. The average molecular weight is 265 g/mol. The molecule has 106 valence electrons. The maximum Gasteiger partial charge on any atom is 0.321 e. The van der Waals surface area contributed by atoms with E-state index in [2.05, 4.69) is 17.2 Å². The fraction of sp³-hybridized carbons (Fsp3) is 0.571. The van der Waals surface area contributed by atoms with Gasteiger partial charge in [-0.2, -0.15) is 0 Å². The molecule has 19 heavy (non-hydrogen) atoms. The molecule has 0 aliphatic carbocycles. The molecular formula is C14H23N3O2. The molecule has 0 spiro atoms. The lowest BCUT2D eigenvalue weighted by atomic mass is 10.2. The smallest absolute Gasteiger partial charge is 0.321 e. The van der Waals surface area contributed by atoms with Crippen molar-refractivity contribution in [2.24, 2.45) is 0 Å². The van der Waals surface area contributed by atoms with Crippen LogP contribution in [-0.4, -0.2) is 40.7 Å². The van der Waals surface area contributed by atoms with Crippen LogP contribution in [0.4, 0.5) is 10.5 Å². The number of urea groups is 1. The Bertz CT molecular complexity index is 388. The van der Waals surface area contributed by atoms with Gasteiger partial charge < -0.3 is 15.3 Å². The molecule has 0 bridgehead atoms. The topological polar surface area (TPSA) is 65.5 Å². The van der Waals surface area contributed by atoms with Crippen LogP contribution in [0.5, 0.6) is 0 Å². The Morgan fingerprint density at radius 3 is 2.79 bits per heavy atom. The molecule has 0 aliphatic rings. The van der Waals surface area contributed by atoms with Crippen LogP contribution >= 0.6 is 0 Å². The van der Waals surface area contributed by atoms with Gasteiger partial charge in [-0.3, -0.25) is 4.98 Å². The number of nitrogens with zero attached hydrogens (tertiary/aromatic N) is 2. The minimum absolute atomic E-state index is 0.101. The standard InChI is InChI=1S/C14H23N3O2/c1-3-4-8-17(9-5-10-18)14(19)16-13-6-7-15-11-12(13)2/h6-7,11,18H,3-5,8-10H2,1-2H3,(H,15,16,19). The summed E-state index contributed by atoms with van der Waals surface area (Å²) in [6.45, 7) is 5.39. The second-order valence-electron chi connectivity index (χ2n) is 4.54. The first kappa shape index (κ1) is 15.4. The van der Waals surface area contributed by atoms with E-state index in [1.165, 1.54) is 0 Å². The highest BCUT2D eigenvalue weighted by molar-refractivity contribution is 5.90. The summed E-state index contributed by atoms with van der Waals surface area (Å²) in [6.07, 6.45) is 5.99. The van der Waals surface area contributed by atoms with Gasteiger partial charge >= 0.3 is 6.03 Å². The molecule has 5 heteroatoms. The van der Waals surface area contributed by atoms with Crippen molar-refractivity contribution in [2.75, 3.05) is 25.0 Å². The largest absolute Gasteiger partial charge is 0.396 e. The lowest BCUT2D eigenvalue weighted by molar-refractivity contribution is 0.201. The molecule has 1 aromatic heterocycles. The molecule has 1 rings (SSSR count). The molecule has 0 unspecified atom stereocenters. The number of aryl methyl sites for hydroxylation is 1. The number of anilines is 1. The highest BCUT2D eigenvalue weighted by Crippen LogP contribution is 2.12. The first-order valence-electron chi connectivity index (χ1n) is 6.76. The SMILES string of the molecule is CCCCN(CCCO)C(=O)Nc1ccncc1C. The summed E-state index contributed by atoms with van der Waals surface area (Å²) in [5, 5.41) is 11.8. The predicted octanol–water partition coefficient (Wildman–Crippen LogP) is 2.41. The zero-order valence-corrected chi connectivity index (χ0v) is 11.7. The quantitative estimate of drug-likeness (QED) is 0.795. The fourth-order valence-corrected chi connectivity index (χ4v) is 1.73. The van der Waals surface area contributed by atoms with Gasteiger partial charge in [-0.05, 0) is 31.4 Å². The van der Waals surface area contributed by atoms with E-state index in [0.717, 1.165) is 24.1 Å². The lowest BCUT2D eigenvalue weighted by Gasteiger charge is -2.23. The van der Waals surface area contributed by atoms with E-state index in [1.807, 2.05) is 6.92 Å². The zero-order chi connectivity index (χ0) is 14.1. The van der Waals surface area contributed by atoms with Crippen LogP contribution in [0.3, 0.4) is 0 Å². The Labute approximate surface area is 114 Å². The summed E-state index contributed by atoms with van der Waals surface area (Å²) in [4.78, 5) is 17.9. The van der Waals surface area contributed by atoms with Crippen LogP contribution < -0.4 is 5.32 Å². The zero-order valence-electron chi connectivity index (χ0n) is 11.7. The molecule has 0 atom stereocenters. The first-order chi connectivity index (χ1) is 9.19. The summed E-state index contributed by atoms with van der Waals surface area (Å²) in [6, 6.07) is 1.67. The number of carbonyl (C=O) groups excluding carboxylic acids is 1. The Morgan fingerprint density at radius 1 is 1.42 bits per heavy atom. The van der Waals surface area contributed by atoms with E-state index >= 15 is 0 Å². The van der Waals surface area contributed by atoms with Crippen LogP contribution in [0.2, 0.25) is 0 Å². The number of aliphatic hydroxyl groups excluding tert-OH is 1. The minimum atomic E-state index is -0.115. The fourth-order valence-electron chi connectivity index (χ4n) is 1.73. The highest BCUT2D eigenvalue weighted by Gasteiger charge is 2.13. The normalized spacial score (nSPS) is 10.3. The van der Waals surface area contributed by atoms with E-state index in [0.29, 0.717) is 19.5 Å². The number of aliphatic hydroxyl groups is 1. The summed E-state index contributed by atoms with van der Waals surface area (Å²) >= 11 is 0. The van der Waals surface area contributed by atoms with Gasteiger partial charge in [0, 0.05) is 37.8 Å². The van der Waals surface area contributed by atoms with Gasteiger partial charge in [0.05, 0.1) is 0 Å². The van der Waals surface area contributed by atoms with Gasteiger partial charge in [-0.15, -0.1) is 0 Å². The Hall–Kier alpha value is -1.62. The molecule has 0 fully saturated rings. The van der Waals surface area contributed by atoms with Crippen LogP contribution in [0, 0.1) is 6.92 Å². The molecule has 0 saturated heterocycles. The van der Waals surface area contributed by atoms with Gasteiger partial charge in [0.2, 0.25) is 0 Å². The van der Waals surface area contributed by atoms with Crippen molar-refractivity contribution in [1.82, 2.24) is 9.88 Å². The van der Waals surface area contributed by atoms with Gasteiger partial charge in [-0.1, -0.05) is 13.3 Å². The van der Waals surface area contributed by atoms with Gasteiger partial charge in [0.15, 0.2) is 0 Å². The second kappa shape index (κ2) is 8.48. The highest BCUT2D eigenvalue weighted by atomic mass is 16.3. The average Bonchev–Trinajstić information content (AvgIpc) is 2.41. The monoisotopic (exact) mass is 265 g/mol. The van der Waals surface area contributed by atoms with E-state index in [-0.39, 0.29) is 12.6 Å². The predicted molar refractivity (Wildman–Crippen MR) is 76.2 cm³/mol. The molecule has 5 nitrogen and oxygen atoms in total. The van der Waals surface area contributed by atoms with E-state index < -0.39 is 0 Å². The molecule has 2 amide bonds. The third-order valence-electron chi connectivity index (χ3n) is 2.92. The van der Waals surface area contributed by atoms with Crippen molar-refractivity contribution >= 4 is 11.7 Å². The van der Waals surface area contributed by atoms with Crippen molar-refractivity contribution in [3.05, 3.63) is 24.0 Å². The molecule has 2 N–H and O–H groups in total. The molecule has 0 aliphatic heterocycles. The maximum absolute atomic E-state index is 12.2. The number of pyridine rings is 1. The number of hydrogen-bond acceptors (Lipinski definition) is 3. The van der Waals surface area contributed by atoms with Crippen molar-refractivity contribution < 1.29 is 9.90 Å². The van der Waals surface area contributed by atoms with E-state index in [4.69, 9.17) is 5.11 Å². The summed E-state index contributed by atoms with van der Waals surface area (Å²) in [7, 11) is 0. The van der Waals surface area contributed by atoms with Crippen molar-refractivity contribution in [2.45, 2.75) is 33.1 Å². The minimum Gasteiger partial charge on any atom is -0.396 e. The molecule has 1 aromatic rings. The third-order valence-corrected chi connectivity index (χ3v) is 2.92. The molecule has 0 radical (unpaired) electrons. The molecular weight excluding hydrogens is 242 g/mol. The van der Waals surface area contributed by atoms with Crippen LogP contribution in [-0.2, 0) is 0 Å².